The molecule has 0 aliphatic rings. The molecule has 1 atom stereocenters. The molecule has 0 amide bonds. The molecular formula is C17H13ClN4O. The van der Waals surface area contributed by atoms with E-state index in [1.807, 2.05) is 30.3 Å². The maximum absolute atomic E-state index is 10.3. The van der Waals surface area contributed by atoms with Crippen molar-refractivity contribution in [2.24, 2.45) is 0 Å². The number of fused-ring (bicyclic) bond motifs is 1. The van der Waals surface area contributed by atoms with Gasteiger partial charge in [0.1, 0.15) is 6.07 Å². The molecule has 0 fully saturated rings. The lowest BCUT2D eigenvalue weighted by molar-refractivity contribution is 0.191. The summed E-state index contributed by atoms with van der Waals surface area (Å²) in [6.07, 6.45) is -0.731. The molecule has 23 heavy (non-hydrogen) atoms. The largest absolute Gasteiger partial charge is 0.387 e. The van der Waals surface area contributed by atoms with E-state index in [1.54, 1.807) is 24.3 Å². The minimum absolute atomic E-state index is 0.201. The molecule has 0 aliphatic carbocycles. The lowest BCUT2D eigenvalue weighted by atomic mass is 10.1. The third-order valence-electron chi connectivity index (χ3n) is 3.50. The van der Waals surface area contributed by atoms with Crippen LogP contribution in [-0.2, 0) is 0 Å². The van der Waals surface area contributed by atoms with E-state index in [9.17, 15) is 10.4 Å². The SMILES string of the molecule is N#Cc1nnc2ccccc2c1NCC(O)c1ccc(Cl)cc1. The molecule has 0 saturated carbocycles. The van der Waals surface area contributed by atoms with E-state index in [2.05, 4.69) is 15.5 Å². The molecule has 2 aromatic carbocycles. The van der Waals surface area contributed by atoms with Gasteiger partial charge in [-0.3, -0.25) is 0 Å². The van der Waals surface area contributed by atoms with E-state index in [1.165, 1.54) is 0 Å². The van der Waals surface area contributed by atoms with Gasteiger partial charge in [-0.05, 0) is 23.8 Å². The summed E-state index contributed by atoms with van der Waals surface area (Å²) in [6.45, 7) is 0.242. The highest BCUT2D eigenvalue weighted by atomic mass is 35.5. The van der Waals surface area contributed by atoms with Crippen LogP contribution >= 0.6 is 11.6 Å². The molecule has 1 unspecified atom stereocenters. The Morgan fingerprint density at radius 1 is 1.13 bits per heavy atom. The number of hydrogen-bond acceptors (Lipinski definition) is 5. The number of halogens is 1. The molecule has 1 heterocycles. The van der Waals surface area contributed by atoms with Crippen molar-refractivity contribution in [3.8, 4) is 6.07 Å². The van der Waals surface area contributed by atoms with Crippen LogP contribution in [0.1, 0.15) is 17.4 Å². The van der Waals surface area contributed by atoms with Crippen molar-refractivity contribution in [2.45, 2.75) is 6.10 Å². The predicted molar refractivity (Wildman–Crippen MR) is 89.2 cm³/mol. The summed E-state index contributed by atoms with van der Waals surface area (Å²) < 4.78 is 0. The molecule has 0 radical (unpaired) electrons. The molecule has 3 rings (SSSR count). The Morgan fingerprint density at radius 3 is 2.61 bits per heavy atom. The highest BCUT2D eigenvalue weighted by Crippen LogP contribution is 2.25. The van der Waals surface area contributed by atoms with Gasteiger partial charge in [0, 0.05) is 17.0 Å². The minimum Gasteiger partial charge on any atom is -0.387 e. The minimum atomic E-state index is -0.731. The first-order valence-electron chi connectivity index (χ1n) is 7.02. The number of benzene rings is 2. The fourth-order valence-corrected chi connectivity index (χ4v) is 2.44. The molecule has 1 aromatic heterocycles. The number of nitrogens with zero attached hydrogens (tertiary/aromatic N) is 3. The number of aliphatic hydroxyl groups excluding tert-OH is 1. The first-order chi connectivity index (χ1) is 11.2. The summed E-state index contributed by atoms with van der Waals surface area (Å²) in [7, 11) is 0. The summed E-state index contributed by atoms with van der Waals surface area (Å²) in [4.78, 5) is 0. The molecule has 5 nitrogen and oxygen atoms in total. The third kappa shape index (κ3) is 3.24. The second kappa shape index (κ2) is 6.61. The molecule has 114 valence electrons. The van der Waals surface area contributed by atoms with Crippen molar-refractivity contribution in [2.75, 3.05) is 11.9 Å². The van der Waals surface area contributed by atoms with Crippen LogP contribution < -0.4 is 5.32 Å². The summed E-state index contributed by atoms with van der Waals surface area (Å²) >= 11 is 5.85. The maximum Gasteiger partial charge on any atom is 0.186 e. The van der Waals surface area contributed by atoms with E-state index in [-0.39, 0.29) is 12.2 Å². The smallest absolute Gasteiger partial charge is 0.186 e. The van der Waals surface area contributed by atoms with Gasteiger partial charge in [0.15, 0.2) is 5.69 Å². The normalized spacial score (nSPS) is 11.9. The Hall–Kier alpha value is -2.68. The van der Waals surface area contributed by atoms with Gasteiger partial charge in [-0.15, -0.1) is 10.2 Å². The summed E-state index contributed by atoms with van der Waals surface area (Å²) in [5, 5.41) is 32.0. The van der Waals surface area contributed by atoms with Gasteiger partial charge in [0.2, 0.25) is 0 Å². The average molecular weight is 325 g/mol. The van der Waals surface area contributed by atoms with Crippen LogP contribution in [0.5, 0.6) is 0 Å². The van der Waals surface area contributed by atoms with Crippen LogP contribution in [-0.4, -0.2) is 21.8 Å². The van der Waals surface area contributed by atoms with Crippen LogP contribution in [0.3, 0.4) is 0 Å². The van der Waals surface area contributed by atoms with Crippen molar-refractivity contribution < 1.29 is 5.11 Å². The van der Waals surface area contributed by atoms with Gasteiger partial charge in [-0.25, -0.2) is 0 Å². The number of nitriles is 1. The van der Waals surface area contributed by atoms with E-state index >= 15 is 0 Å². The lowest BCUT2D eigenvalue weighted by Crippen LogP contribution is -2.14. The second-order valence-electron chi connectivity index (χ2n) is 5.00. The number of nitrogens with one attached hydrogen (secondary N) is 1. The summed E-state index contributed by atoms with van der Waals surface area (Å²) in [6, 6.07) is 16.4. The zero-order valence-electron chi connectivity index (χ0n) is 12.1. The zero-order chi connectivity index (χ0) is 16.2. The lowest BCUT2D eigenvalue weighted by Gasteiger charge is -2.15. The maximum atomic E-state index is 10.3. The Labute approximate surface area is 138 Å². The van der Waals surface area contributed by atoms with Crippen molar-refractivity contribution in [1.82, 2.24) is 10.2 Å². The van der Waals surface area contributed by atoms with E-state index in [4.69, 9.17) is 11.6 Å². The van der Waals surface area contributed by atoms with Crippen LogP contribution in [0.2, 0.25) is 5.02 Å². The van der Waals surface area contributed by atoms with Crippen LogP contribution in [0, 0.1) is 11.3 Å². The number of anilines is 1. The van der Waals surface area contributed by atoms with Crippen LogP contribution in [0.15, 0.2) is 48.5 Å². The standard InChI is InChI=1S/C17H13ClN4O/c18-12-7-5-11(6-8-12)16(23)10-20-17-13-3-1-2-4-14(13)21-22-15(17)9-19/h1-8,16,23H,10H2,(H,20,21). The predicted octanol–water partition coefficient (Wildman–Crippen LogP) is 3.30. The molecule has 3 aromatic rings. The molecule has 0 saturated heterocycles. The highest BCUT2D eigenvalue weighted by molar-refractivity contribution is 6.30. The molecule has 6 heteroatoms. The molecular weight excluding hydrogens is 312 g/mol. The second-order valence-corrected chi connectivity index (χ2v) is 5.44. The van der Waals surface area contributed by atoms with Gasteiger partial charge < -0.3 is 10.4 Å². The van der Waals surface area contributed by atoms with Crippen molar-refractivity contribution in [3.05, 3.63) is 64.8 Å². The first kappa shape index (κ1) is 15.2. The third-order valence-corrected chi connectivity index (χ3v) is 3.75. The summed E-state index contributed by atoms with van der Waals surface area (Å²) in [5.74, 6) is 0. The van der Waals surface area contributed by atoms with E-state index in [0.717, 1.165) is 10.9 Å². The van der Waals surface area contributed by atoms with E-state index < -0.39 is 6.10 Å². The Bertz CT molecular complexity index is 874. The molecule has 2 N–H and O–H groups in total. The summed E-state index contributed by atoms with van der Waals surface area (Å²) in [5.41, 5.74) is 2.21. The van der Waals surface area contributed by atoms with E-state index in [0.29, 0.717) is 16.2 Å². The Kier molecular flexibility index (Phi) is 4.38. The van der Waals surface area contributed by atoms with Gasteiger partial charge in [-0.2, -0.15) is 5.26 Å². The van der Waals surface area contributed by atoms with Gasteiger partial charge in [0.05, 0.1) is 17.3 Å². The van der Waals surface area contributed by atoms with Gasteiger partial charge in [0.25, 0.3) is 0 Å². The van der Waals surface area contributed by atoms with Crippen molar-refractivity contribution in [3.63, 3.8) is 0 Å². The Balaban J connectivity index is 1.86. The zero-order valence-corrected chi connectivity index (χ0v) is 12.8. The van der Waals surface area contributed by atoms with Crippen molar-refractivity contribution >= 4 is 28.2 Å². The number of rotatable bonds is 4. The molecule has 0 bridgehead atoms. The van der Waals surface area contributed by atoms with Crippen molar-refractivity contribution in [1.29, 1.82) is 5.26 Å². The first-order valence-corrected chi connectivity index (χ1v) is 7.40. The number of aliphatic hydroxyl groups is 1. The van der Waals surface area contributed by atoms with Gasteiger partial charge in [-0.1, -0.05) is 41.9 Å². The topological polar surface area (TPSA) is 81.8 Å². The number of hydrogen-bond donors (Lipinski definition) is 2. The highest BCUT2D eigenvalue weighted by Gasteiger charge is 2.13. The molecule has 0 spiro atoms. The van der Waals surface area contributed by atoms with Gasteiger partial charge >= 0.3 is 0 Å². The average Bonchev–Trinajstić information content (AvgIpc) is 2.59. The fraction of sp³-hybridized carbons (Fsp3) is 0.118. The monoisotopic (exact) mass is 324 g/mol. The quantitative estimate of drug-likeness (QED) is 0.769. The Morgan fingerprint density at radius 2 is 1.87 bits per heavy atom. The van der Waals surface area contributed by atoms with Crippen LogP contribution in [0.25, 0.3) is 10.9 Å². The fourth-order valence-electron chi connectivity index (χ4n) is 2.31. The van der Waals surface area contributed by atoms with Crippen LogP contribution in [0.4, 0.5) is 5.69 Å². The number of aromatic nitrogens is 2. The molecule has 0 aliphatic heterocycles.